The molecule has 0 saturated carbocycles. The first-order valence-electron chi connectivity index (χ1n) is 5.61. The van der Waals surface area contributed by atoms with Gasteiger partial charge in [-0.3, -0.25) is 4.98 Å². The van der Waals surface area contributed by atoms with Crippen molar-refractivity contribution in [2.45, 2.75) is 9.84 Å². The molecule has 1 aromatic carbocycles. The first kappa shape index (κ1) is 14.2. The number of alkyl halides is 2. The van der Waals surface area contributed by atoms with Crippen molar-refractivity contribution in [1.82, 2.24) is 4.98 Å². The fraction of sp³-hybridized carbons (Fsp3) is 0.143. The van der Waals surface area contributed by atoms with Crippen molar-refractivity contribution in [1.29, 1.82) is 0 Å². The van der Waals surface area contributed by atoms with E-state index in [4.69, 9.17) is 4.74 Å². The van der Waals surface area contributed by atoms with E-state index in [2.05, 4.69) is 36.8 Å². The topological polar surface area (TPSA) is 39.2 Å². The molecular formula is C14H11Br2NO2. The van der Waals surface area contributed by atoms with Crippen molar-refractivity contribution >= 4 is 37.8 Å². The molecule has 0 atom stereocenters. The van der Waals surface area contributed by atoms with Gasteiger partial charge in [0.25, 0.3) is 0 Å². The van der Waals surface area contributed by atoms with Crippen LogP contribution in [0, 0.1) is 0 Å². The number of nitrogens with zero attached hydrogens (tertiary/aromatic N) is 1. The maximum absolute atomic E-state index is 12.1. The molecule has 3 nitrogen and oxygen atoms in total. The van der Waals surface area contributed by atoms with Gasteiger partial charge in [0, 0.05) is 6.20 Å². The molecule has 0 aliphatic rings. The summed E-state index contributed by atoms with van der Waals surface area (Å²) in [7, 11) is 0. The zero-order valence-corrected chi connectivity index (χ0v) is 13.1. The van der Waals surface area contributed by atoms with Gasteiger partial charge in [-0.25, -0.2) is 4.79 Å². The van der Waals surface area contributed by atoms with Crippen LogP contribution < -0.4 is 0 Å². The Hall–Kier alpha value is -1.20. The van der Waals surface area contributed by atoms with Crippen LogP contribution in [0.4, 0.5) is 0 Å². The molecule has 0 fully saturated rings. The van der Waals surface area contributed by atoms with Crippen LogP contribution in [-0.4, -0.2) is 11.0 Å². The van der Waals surface area contributed by atoms with Crippen LogP contribution in [-0.2, 0) is 19.4 Å². The average molecular weight is 385 g/mol. The van der Waals surface area contributed by atoms with E-state index in [9.17, 15) is 4.79 Å². The predicted molar refractivity (Wildman–Crippen MR) is 80.0 cm³/mol. The van der Waals surface area contributed by atoms with Gasteiger partial charge in [-0.1, -0.05) is 68.3 Å². The monoisotopic (exact) mass is 383 g/mol. The van der Waals surface area contributed by atoms with Crippen LogP contribution in [0.1, 0.15) is 11.3 Å². The third-order valence-electron chi connectivity index (χ3n) is 2.46. The van der Waals surface area contributed by atoms with Gasteiger partial charge < -0.3 is 4.74 Å². The second kappa shape index (κ2) is 6.30. The third kappa shape index (κ3) is 3.64. The Bertz CT molecular complexity index is 544. The summed E-state index contributed by atoms with van der Waals surface area (Å²) in [5.74, 6) is -0.435. The van der Waals surface area contributed by atoms with Gasteiger partial charge in [0.05, 0.1) is 5.69 Å². The molecule has 0 radical (unpaired) electrons. The maximum Gasteiger partial charge on any atom is 0.340 e. The lowest BCUT2D eigenvalue weighted by molar-refractivity contribution is -0.145. The predicted octanol–water partition coefficient (Wildman–Crippen LogP) is 3.77. The second-order valence-electron chi connectivity index (χ2n) is 3.85. The zero-order chi connectivity index (χ0) is 13.7. The Morgan fingerprint density at radius 2 is 1.79 bits per heavy atom. The Kier molecular flexibility index (Phi) is 4.71. The minimum Gasteiger partial charge on any atom is -0.459 e. The fourth-order valence-electron chi connectivity index (χ4n) is 1.47. The first-order chi connectivity index (χ1) is 9.10. The Morgan fingerprint density at radius 3 is 2.42 bits per heavy atom. The summed E-state index contributed by atoms with van der Waals surface area (Å²) in [4.78, 5) is 16.2. The highest BCUT2D eigenvalue weighted by Gasteiger charge is 2.37. The Balaban J connectivity index is 2.03. The molecule has 0 aliphatic carbocycles. The van der Waals surface area contributed by atoms with Gasteiger partial charge in [0.2, 0.25) is 3.23 Å². The van der Waals surface area contributed by atoms with Crippen molar-refractivity contribution in [3.63, 3.8) is 0 Å². The van der Waals surface area contributed by atoms with E-state index in [0.717, 1.165) is 5.56 Å². The molecule has 1 aromatic heterocycles. The molecule has 0 amide bonds. The standard InChI is InChI=1S/C14H11Br2NO2/c15-14(16,12-8-4-5-9-17-12)13(18)19-10-11-6-2-1-3-7-11/h1-9H,10H2. The van der Waals surface area contributed by atoms with Gasteiger partial charge in [-0.15, -0.1) is 0 Å². The van der Waals surface area contributed by atoms with Crippen LogP contribution in [0.25, 0.3) is 0 Å². The van der Waals surface area contributed by atoms with Crippen LogP contribution in [0.5, 0.6) is 0 Å². The van der Waals surface area contributed by atoms with Crippen molar-refractivity contribution in [3.8, 4) is 0 Å². The lowest BCUT2D eigenvalue weighted by Crippen LogP contribution is -2.25. The van der Waals surface area contributed by atoms with Crippen LogP contribution in [0.15, 0.2) is 54.7 Å². The van der Waals surface area contributed by atoms with Crippen LogP contribution >= 0.6 is 31.9 Å². The number of benzene rings is 1. The molecule has 19 heavy (non-hydrogen) atoms. The minimum atomic E-state index is -1.12. The van der Waals surface area contributed by atoms with Crippen molar-refractivity contribution < 1.29 is 9.53 Å². The molecule has 2 rings (SSSR count). The number of esters is 1. The molecule has 0 bridgehead atoms. The van der Waals surface area contributed by atoms with E-state index >= 15 is 0 Å². The van der Waals surface area contributed by atoms with Gasteiger partial charge in [0.1, 0.15) is 6.61 Å². The van der Waals surface area contributed by atoms with Crippen LogP contribution in [0.2, 0.25) is 0 Å². The first-order valence-corrected chi connectivity index (χ1v) is 7.20. The molecule has 1 heterocycles. The molecule has 98 valence electrons. The maximum atomic E-state index is 12.1. The summed E-state index contributed by atoms with van der Waals surface area (Å²) in [6, 6.07) is 14.9. The van der Waals surface area contributed by atoms with Crippen molar-refractivity contribution in [2.24, 2.45) is 0 Å². The Morgan fingerprint density at radius 1 is 1.11 bits per heavy atom. The number of rotatable bonds is 4. The highest BCUT2D eigenvalue weighted by atomic mass is 79.9. The molecular weight excluding hydrogens is 374 g/mol. The summed E-state index contributed by atoms with van der Waals surface area (Å²) in [6.07, 6.45) is 1.62. The molecule has 2 aromatic rings. The summed E-state index contributed by atoms with van der Waals surface area (Å²) in [6.45, 7) is 0.228. The Labute approximate surface area is 128 Å². The number of ether oxygens (including phenoxy) is 1. The largest absolute Gasteiger partial charge is 0.459 e. The number of aromatic nitrogens is 1. The van der Waals surface area contributed by atoms with E-state index in [0.29, 0.717) is 5.69 Å². The van der Waals surface area contributed by atoms with Gasteiger partial charge >= 0.3 is 5.97 Å². The normalized spacial score (nSPS) is 11.1. The molecule has 5 heteroatoms. The molecule has 0 N–H and O–H groups in total. The molecule has 0 aliphatic heterocycles. The summed E-state index contributed by atoms with van der Waals surface area (Å²) in [5.41, 5.74) is 1.49. The lowest BCUT2D eigenvalue weighted by Gasteiger charge is -2.18. The zero-order valence-electron chi connectivity index (χ0n) is 9.92. The number of hydrogen-bond acceptors (Lipinski definition) is 3. The highest BCUT2D eigenvalue weighted by Crippen LogP contribution is 2.38. The molecule has 0 saturated heterocycles. The summed E-state index contributed by atoms with van der Waals surface area (Å²) in [5, 5.41) is 0. The molecule has 0 unspecified atom stereocenters. The summed E-state index contributed by atoms with van der Waals surface area (Å²) < 4.78 is 4.16. The van der Waals surface area contributed by atoms with Crippen molar-refractivity contribution in [2.75, 3.05) is 0 Å². The van der Waals surface area contributed by atoms with E-state index in [1.54, 1.807) is 18.3 Å². The smallest absolute Gasteiger partial charge is 0.340 e. The van der Waals surface area contributed by atoms with Gasteiger partial charge in [-0.05, 0) is 17.7 Å². The van der Waals surface area contributed by atoms with E-state index in [-0.39, 0.29) is 6.61 Å². The third-order valence-corrected chi connectivity index (χ3v) is 3.92. The fourth-order valence-corrected chi connectivity index (χ4v) is 2.16. The highest BCUT2D eigenvalue weighted by molar-refractivity contribution is 9.25. The second-order valence-corrected chi connectivity index (χ2v) is 7.29. The van der Waals surface area contributed by atoms with Crippen molar-refractivity contribution in [3.05, 3.63) is 66.0 Å². The summed E-state index contributed by atoms with van der Waals surface area (Å²) >= 11 is 6.62. The van der Waals surface area contributed by atoms with Gasteiger partial charge in [-0.2, -0.15) is 0 Å². The average Bonchev–Trinajstić information content (AvgIpc) is 2.46. The molecule has 0 spiro atoms. The quantitative estimate of drug-likeness (QED) is 0.595. The van der Waals surface area contributed by atoms with Crippen LogP contribution in [0.3, 0.4) is 0 Å². The number of carbonyl (C=O) groups excluding carboxylic acids is 1. The number of halogens is 2. The minimum absolute atomic E-state index is 0.228. The lowest BCUT2D eigenvalue weighted by atomic mass is 10.2. The number of hydrogen-bond donors (Lipinski definition) is 0. The number of pyridine rings is 1. The SMILES string of the molecule is O=C(OCc1ccccc1)C(Br)(Br)c1ccccn1. The van der Waals surface area contributed by atoms with E-state index < -0.39 is 9.20 Å². The number of carbonyl (C=O) groups is 1. The van der Waals surface area contributed by atoms with E-state index in [1.807, 2.05) is 36.4 Å². The van der Waals surface area contributed by atoms with E-state index in [1.165, 1.54) is 0 Å². The van der Waals surface area contributed by atoms with Gasteiger partial charge in [0.15, 0.2) is 0 Å².